The monoisotopic (exact) mass is 398 g/mol. The van der Waals surface area contributed by atoms with E-state index in [1.54, 1.807) is 30.6 Å². The molecule has 0 spiro atoms. The Kier molecular flexibility index (Phi) is 8.12. The zero-order chi connectivity index (χ0) is 20.7. The van der Waals surface area contributed by atoms with Gasteiger partial charge in [0.15, 0.2) is 0 Å². The summed E-state index contributed by atoms with van der Waals surface area (Å²) in [4.78, 5) is 26.8. The summed E-state index contributed by atoms with van der Waals surface area (Å²) in [6.07, 6.45) is 0. The highest BCUT2D eigenvalue weighted by Gasteiger charge is 2.25. The van der Waals surface area contributed by atoms with Crippen LogP contribution in [-0.4, -0.2) is 35.6 Å². The van der Waals surface area contributed by atoms with Gasteiger partial charge in [0, 0.05) is 19.3 Å². The average Bonchev–Trinajstić information content (AvgIpc) is 2.65. The van der Waals surface area contributed by atoms with Gasteiger partial charge in [-0.05, 0) is 38.8 Å². The Morgan fingerprint density at radius 2 is 1.57 bits per heavy atom. The zero-order valence-corrected chi connectivity index (χ0v) is 18.2. The molecule has 0 fully saturated rings. The second kappa shape index (κ2) is 10.3. The fourth-order valence-corrected chi connectivity index (χ4v) is 4.02. The average molecular weight is 399 g/mol. The first-order valence-corrected chi connectivity index (χ1v) is 10.7. The van der Waals surface area contributed by atoms with Crippen LogP contribution in [0.2, 0.25) is 0 Å². The van der Waals surface area contributed by atoms with Gasteiger partial charge in [-0.3, -0.25) is 9.59 Å². The summed E-state index contributed by atoms with van der Waals surface area (Å²) < 4.78 is 0. The molecule has 0 heterocycles. The highest BCUT2D eigenvalue weighted by atomic mass is 32.2. The lowest BCUT2D eigenvalue weighted by Gasteiger charge is -2.28. The van der Waals surface area contributed by atoms with E-state index in [1.807, 2.05) is 31.2 Å². The van der Waals surface area contributed by atoms with E-state index in [9.17, 15) is 9.59 Å². The first-order valence-electron chi connectivity index (χ1n) is 9.51. The summed E-state index contributed by atoms with van der Waals surface area (Å²) in [5.74, 6) is 0.951. The van der Waals surface area contributed by atoms with E-state index >= 15 is 0 Å². The van der Waals surface area contributed by atoms with Crippen LogP contribution in [-0.2, 0) is 21.9 Å². The van der Waals surface area contributed by atoms with Crippen LogP contribution in [0.15, 0.2) is 42.5 Å². The molecule has 0 radical (unpaired) electrons. The van der Waals surface area contributed by atoms with Gasteiger partial charge in [-0.2, -0.15) is 0 Å². The van der Waals surface area contributed by atoms with E-state index in [0.717, 1.165) is 11.3 Å². The van der Waals surface area contributed by atoms with Gasteiger partial charge < -0.3 is 10.2 Å². The van der Waals surface area contributed by atoms with Gasteiger partial charge in [-0.25, -0.2) is 0 Å². The summed E-state index contributed by atoms with van der Waals surface area (Å²) in [7, 11) is 1.60. The van der Waals surface area contributed by atoms with Crippen molar-refractivity contribution in [2.24, 2.45) is 0 Å². The third-order valence-electron chi connectivity index (χ3n) is 4.66. The van der Waals surface area contributed by atoms with E-state index in [0.29, 0.717) is 12.3 Å². The van der Waals surface area contributed by atoms with Crippen molar-refractivity contribution >= 4 is 23.6 Å². The van der Waals surface area contributed by atoms with E-state index in [4.69, 9.17) is 0 Å². The molecule has 5 heteroatoms. The molecule has 0 bridgehead atoms. The number of likely N-dealkylation sites (N-methyl/N-ethyl adjacent to an activating group) is 1. The molecule has 0 aliphatic carbocycles. The van der Waals surface area contributed by atoms with Gasteiger partial charge in [-0.15, -0.1) is 11.8 Å². The molecule has 0 aliphatic heterocycles. The minimum atomic E-state index is -0.513. The Balaban J connectivity index is 2.05. The second-order valence-electron chi connectivity index (χ2n) is 7.29. The van der Waals surface area contributed by atoms with Gasteiger partial charge in [0.2, 0.25) is 11.8 Å². The lowest BCUT2D eigenvalue weighted by molar-refractivity contribution is -0.138. The first kappa shape index (κ1) is 22.0. The molecule has 2 aromatic rings. The van der Waals surface area contributed by atoms with Crippen molar-refractivity contribution in [3.05, 3.63) is 70.3 Å². The van der Waals surface area contributed by atoms with Crippen LogP contribution >= 0.6 is 11.8 Å². The van der Waals surface area contributed by atoms with E-state index in [2.05, 4.69) is 37.4 Å². The van der Waals surface area contributed by atoms with Gasteiger partial charge in [-0.1, -0.05) is 59.2 Å². The van der Waals surface area contributed by atoms with Crippen molar-refractivity contribution in [2.75, 3.05) is 12.8 Å². The number of carbonyl (C=O) groups excluding carboxylic acids is 2. The Morgan fingerprint density at radius 3 is 2.14 bits per heavy atom. The SMILES string of the molecule is CNC(=O)C(C)N(Cc1ccc(C)cc1)C(=O)CSCc1cc(C)cc(C)c1. The van der Waals surface area contributed by atoms with Crippen LogP contribution in [0.25, 0.3) is 0 Å². The standard InChI is InChI=1S/C23H30N2O2S/c1-16-6-8-20(9-7-16)13-25(19(4)23(27)24-5)22(26)15-28-14-21-11-17(2)10-18(3)12-21/h6-12,19H,13-15H2,1-5H3,(H,24,27). The molecule has 0 aromatic heterocycles. The number of thioether (sulfide) groups is 1. The minimum Gasteiger partial charge on any atom is -0.357 e. The van der Waals surface area contributed by atoms with Crippen LogP contribution in [0.5, 0.6) is 0 Å². The van der Waals surface area contributed by atoms with Crippen molar-refractivity contribution < 1.29 is 9.59 Å². The van der Waals surface area contributed by atoms with Gasteiger partial charge in [0.05, 0.1) is 5.75 Å². The van der Waals surface area contributed by atoms with E-state index in [1.165, 1.54) is 22.3 Å². The smallest absolute Gasteiger partial charge is 0.242 e. The minimum absolute atomic E-state index is 0.0222. The lowest BCUT2D eigenvalue weighted by atomic mass is 10.1. The number of carbonyl (C=O) groups is 2. The Labute approximate surface area is 172 Å². The third kappa shape index (κ3) is 6.41. The molecule has 1 atom stereocenters. The predicted octanol–water partition coefficient (Wildman–Crippen LogP) is 4.01. The van der Waals surface area contributed by atoms with Crippen molar-refractivity contribution in [1.29, 1.82) is 0 Å². The number of rotatable bonds is 8. The summed E-state index contributed by atoms with van der Waals surface area (Å²) in [6, 6.07) is 14.0. The van der Waals surface area contributed by atoms with Crippen LogP contribution < -0.4 is 5.32 Å². The molecule has 1 N–H and O–H groups in total. The Hall–Kier alpha value is -2.27. The molecule has 2 amide bonds. The number of nitrogens with zero attached hydrogens (tertiary/aromatic N) is 1. The molecule has 2 rings (SSSR count). The second-order valence-corrected chi connectivity index (χ2v) is 8.27. The molecular formula is C23H30N2O2S. The summed E-state index contributed by atoms with van der Waals surface area (Å²) in [6.45, 7) is 8.40. The third-order valence-corrected chi connectivity index (χ3v) is 5.65. The van der Waals surface area contributed by atoms with Crippen molar-refractivity contribution in [1.82, 2.24) is 10.2 Å². The summed E-state index contributed by atoms with van der Waals surface area (Å²) in [5, 5.41) is 2.65. The normalized spacial score (nSPS) is 11.8. The zero-order valence-electron chi connectivity index (χ0n) is 17.4. The molecule has 4 nitrogen and oxygen atoms in total. The number of nitrogens with one attached hydrogen (secondary N) is 1. The van der Waals surface area contributed by atoms with Gasteiger partial charge in [0.1, 0.15) is 6.04 Å². The highest BCUT2D eigenvalue weighted by Crippen LogP contribution is 2.18. The fourth-order valence-electron chi connectivity index (χ4n) is 3.17. The fraction of sp³-hybridized carbons (Fsp3) is 0.391. The molecule has 0 saturated carbocycles. The number of benzene rings is 2. The quantitative estimate of drug-likeness (QED) is 0.731. The molecule has 1 unspecified atom stereocenters. The number of amides is 2. The first-order chi connectivity index (χ1) is 13.3. The molecule has 0 aliphatic rings. The van der Waals surface area contributed by atoms with Crippen LogP contribution in [0, 0.1) is 20.8 Å². The molecule has 150 valence electrons. The maximum Gasteiger partial charge on any atom is 0.242 e. The number of hydrogen-bond acceptors (Lipinski definition) is 3. The molecule has 0 saturated heterocycles. The largest absolute Gasteiger partial charge is 0.357 e. The summed E-state index contributed by atoms with van der Waals surface area (Å²) >= 11 is 1.59. The van der Waals surface area contributed by atoms with Crippen LogP contribution in [0.1, 0.15) is 34.7 Å². The Bertz CT molecular complexity index is 798. The van der Waals surface area contributed by atoms with Crippen molar-refractivity contribution in [2.45, 2.75) is 46.0 Å². The Morgan fingerprint density at radius 1 is 0.964 bits per heavy atom. The highest BCUT2D eigenvalue weighted by molar-refractivity contribution is 7.99. The van der Waals surface area contributed by atoms with Crippen molar-refractivity contribution in [3.8, 4) is 0 Å². The maximum atomic E-state index is 12.9. The van der Waals surface area contributed by atoms with E-state index < -0.39 is 6.04 Å². The molecule has 28 heavy (non-hydrogen) atoms. The molecular weight excluding hydrogens is 368 g/mol. The maximum absolute atomic E-state index is 12.9. The molecule has 2 aromatic carbocycles. The lowest BCUT2D eigenvalue weighted by Crippen LogP contribution is -2.47. The number of hydrogen-bond donors (Lipinski definition) is 1. The van der Waals surface area contributed by atoms with Crippen LogP contribution in [0.4, 0.5) is 0 Å². The summed E-state index contributed by atoms with van der Waals surface area (Å²) in [5.41, 5.74) is 5.88. The predicted molar refractivity (Wildman–Crippen MR) is 117 cm³/mol. The number of aryl methyl sites for hydroxylation is 3. The van der Waals surface area contributed by atoms with Gasteiger partial charge in [0.25, 0.3) is 0 Å². The van der Waals surface area contributed by atoms with Crippen molar-refractivity contribution in [3.63, 3.8) is 0 Å². The topological polar surface area (TPSA) is 49.4 Å². The van der Waals surface area contributed by atoms with E-state index in [-0.39, 0.29) is 11.8 Å². The van der Waals surface area contributed by atoms with Gasteiger partial charge >= 0.3 is 0 Å². The van der Waals surface area contributed by atoms with Crippen LogP contribution in [0.3, 0.4) is 0 Å².